The summed E-state index contributed by atoms with van der Waals surface area (Å²) in [5, 5.41) is 8.42. The average molecular weight is 392 g/mol. The van der Waals surface area contributed by atoms with Gasteiger partial charge in [0.05, 0.1) is 26.5 Å². The van der Waals surface area contributed by atoms with Crippen LogP contribution in [-0.4, -0.2) is 32.2 Å². The molecule has 1 aromatic carbocycles. The lowest BCUT2D eigenvalue weighted by atomic mass is 10.2. The molecule has 0 saturated heterocycles. The summed E-state index contributed by atoms with van der Waals surface area (Å²) in [7, 11) is 0. The maximum atomic E-state index is 12.5. The zero-order chi connectivity index (χ0) is 19.7. The molecule has 4 rings (SSSR count). The Kier molecular flexibility index (Phi) is 4.92. The minimum absolute atomic E-state index is 0.139. The molecule has 0 saturated carbocycles. The maximum Gasteiger partial charge on any atom is 0.252 e. The molecule has 1 atom stereocenters. The lowest BCUT2D eigenvalue weighted by Gasteiger charge is -2.10. The Hall–Kier alpha value is -3.06. The van der Waals surface area contributed by atoms with Crippen molar-refractivity contribution in [2.45, 2.75) is 26.7 Å². The fraction of sp³-hybridized carbons (Fsp3) is 0.238. The summed E-state index contributed by atoms with van der Waals surface area (Å²) >= 11 is 1.67. The Labute approximate surface area is 167 Å². The van der Waals surface area contributed by atoms with Crippen molar-refractivity contribution in [1.82, 2.24) is 25.1 Å². The van der Waals surface area contributed by atoms with Gasteiger partial charge in [0.15, 0.2) is 5.82 Å². The summed E-state index contributed by atoms with van der Waals surface area (Å²) in [5.74, 6) is 0.702. The van der Waals surface area contributed by atoms with E-state index in [4.69, 9.17) is 0 Å². The van der Waals surface area contributed by atoms with Crippen LogP contribution in [0.3, 0.4) is 0 Å². The van der Waals surface area contributed by atoms with Gasteiger partial charge in [-0.2, -0.15) is 5.10 Å². The van der Waals surface area contributed by atoms with E-state index in [1.54, 1.807) is 28.3 Å². The van der Waals surface area contributed by atoms with Gasteiger partial charge in [-0.3, -0.25) is 4.79 Å². The molecule has 0 spiro atoms. The van der Waals surface area contributed by atoms with Crippen molar-refractivity contribution in [2.75, 3.05) is 6.54 Å². The van der Waals surface area contributed by atoms with E-state index in [9.17, 15) is 4.79 Å². The topological polar surface area (TPSA) is 72.7 Å². The molecule has 6 nitrogen and oxygen atoms in total. The third kappa shape index (κ3) is 3.66. The first-order chi connectivity index (χ1) is 13.5. The van der Waals surface area contributed by atoms with Crippen molar-refractivity contribution < 1.29 is 4.79 Å². The maximum absolute atomic E-state index is 12.5. The summed E-state index contributed by atoms with van der Waals surface area (Å²) in [6, 6.07) is 13.7. The number of aromatic nitrogens is 4. The van der Waals surface area contributed by atoms with Gasteiger partial charge in [-0.1, -0.05) is 19.1 Å². The van der Waals surface area contributed by atoms with Gasteiger partial charge in [-0.25, -0.2) is 14.6 Å². The number of thiazole rings is 1. The van der Waals surface area contributed by atoms with Gasteiger partial charge >= 0.3 is 0 Å². The molecule has 0 fully saturated rings. The standard InChI is InChI=1S/C21H21N5OS/c1-13(21-24-17-6-4-5-7-18(17)28-21)11-23-20(27)16-8-9-19(22-12-16)26-15(3)10-14(2)25-26/h4-10,12-13H,11H2,1-3H3,(H,23,27). The highest BCUT2D eigenvalue weighted by molar-refractivity contribution is 7.18. The van der Waals surface area contributed by atoms with Crippen LogP contribution in [0.5, 0.6) is 0 Å². The first kappa shape index (κ1) is 18.3. The molecule has 0 radical (unpaired) electrons. The number of para-hydroxylation sites is 1. The first-order valence-corrected chi connectivity index (χ1v) is 9.96. The molecule has 1 N–H and O–H groups in total. The predicted octanol–water partition coefficient (Wildman–Crippen LogP) is 4.03. The van der Waals surface area contributed by atoms with Gasteiger partial charge in [0.2, 0.25) is 0 Å². The summed E-state index contributed by atoms with van der Waals surface area (Å²) in [5.41, 5.74) is 3.48. The third-order valence-electron chi connectivity index (χ3n) is 4.54. The minimum atomic E-state index is -0.139. The van der Waals surface area contributed by atoms with Crippen molar-refractivity contribution in [2.24, 2.45) is 0 Å². The van der Waals surface area contributed by atoms with Crippen LogP contribution in [0, 0.1) is 13.8 Å². The summed E-state index contributed by atoms with van der Waals surface area (Å²) < 4.78 is 2.94. The Bertz CT molecular complexity index is 1100. The van der Waals surface area contributed by atoms with Crippen molar-refractivity contribution in [3.63, 3.8) is 0 Å². The molecule has 7 heteroatoms. The lowest BCUT2D eigenvalue weighted by Crippen LogP contribution is -2.27. The molecule has 28 heavy (non-hydrogen) atoms. The molecule has 0 aliphatic rings. The van der Waals surface area contributed by atoms with Gasteiger partial charge in [-0.15, -0.1) is 11.3 Å². The summed E-state index contributed by atoms with van der Waals surface area (Å²) in [4.78, 5) is 21.5. The minimum Gasteiger partial charge on any atom is -0.351 e. The zero-order valence-corrected chi connectivity index (χ0v) is 16.8. The Morgan fingerprint density at radius 1 is 1.21 bits per heavy atom. The van der Waals surface area contributed by atoms with Gasteiger partial charge in [0, 0.05) is 24.4 Å². The second kappa shape index (κ2) is 7.52. The van der Waals surface area contributed by atoms with Gasteiger partial charge in [0.25, 0.3) is 5.91 Å². The van der Waals surface area contributed by atoms with Crippen LogP contribution >= 0.6 is 11.3 Å². The number of aryl methyl sites for hydroxylation is 2. The molecule has 0 bridgehead atoms. The zero-order valence-electron chi connectivity index (χ0n) is 16.0. The number of hydrogen-bond donors (Lipinski definition) is 1. The van der Waals surface area contributed by atoms with Crippen LogP contribution in [-0.2, 0) is 0 Å². The third-order valence-corrected chi connectivity index (χ3v) is 5.81. The van der Waals surface area contributed by atoms with Crippen LogP contribution < -0.4 is 5.32 Å². The van der Waals surface area contributed by atoms with E-state index < -0.39 is 0 Å². The highest BCUT2D eigenvalue weighted by atomic mass is 32.1. The lowest BCUT2D eigenvalue weighted by molar-refractivity contribution is 0.0951. The highest BCUT2D eigenvalue weighted by Crippen LogP contribution is 2.26. The predicted molar refractivity (Wildman–Crippen MR) is 111 cm³/mol. The van der Waals surface area contributed by atoms with Gasteiger partial charge in [0.1, 0.15) is 0 Å². The monoisotopic (exact) mass is 391 g/mol. The van der Waals surface area contributed by atoms with Crippen molar-refractivity contribution >= 4 is 27.5 Å². The fourth-order valence-electron chi connectivity index (χ4n) is 3.04. The Morgan fingerprint density at radius 2 is 2.04 bits per heavy atom. The first-order valence-electron chi connectivity index (χ1n) is 9.14. The fourth-order valence-corrected chi connectivity index (χ4v) is 4.06. The number of pyridine rings is 1. The van der Waals surface area contributed by atoms with Crippen molar-refractivity contribution in [3.05, 3.63) is 70.6 Å². The molecule has 3 aromatic heterocycles. The summed E-state index contributed by atoms with van der Waals surface area (Å²) in [6.07, 6.45) is 1.59. The SMILES string of the molecule is Cc1cc(C)n(-c2ccc(C(=O)NCC(C)c3nc4ccccc4s3)cn2)n1. The van der Waals surface area contributed by atoms with Crippen LogP contribution in [0.1, 0.15) is 39.6 Å². The van der Waals surface area contributed by atoms with Crippen LogP contribution in [0.2, 0.25) is 0 Å². The largest absolute Gasteiger partial charge is 0.351 e. The average Bonchev–Trinajstić information content (AvgIpc) is 3.28. The molecular weight excluding hydrogens is 370 g/mol. The quantitative estimate of drug-likeness (QED) is 0.557. The number of fused-ring (bicyclic) bond motifs is 1. The normalized spacial score (nSPS) is 12.2. The molecule has 142 valence electrons. The molecule has 3 heterocycles. The number of carbonyl (C=O) groups is 1. The number of carbonyl (C=O) groups excluding carboxylic acids is 1. The Morgan fingerprint density at radius 3 is 2.71 bits per heavy atom. The molecular formula is C21H21N5OS. The number of amides is 1. The van der Waals surface area contributed by atoms with Crippen molar-refractivity contribution in [3.8, 4) is 5.82 Å². The highest BCUT2D eigenvalue weighted by Gasteiger charge is 2.14. The van der Waals surface area contributed by atoms with E-state index >= 15 is 0 Å². The smallest absolute Gasteiger partial charge is 0.252 e. The second-order valence-electron chi connectivity index (χ2n) is 6.87. The second-order valence-corrected chi connectivity index (χ2v) is 7.94. The van der Waals surface area contributed by atoms with Gasteiger partial charge < -0.3 is 5.32 Å². The van der Waals surface area contributed by atoms with E-state index in [1.807, 2.05) is 44.2 Å². The Balaban J connectivity index is 1.41. The van der Waals surface area contributed by atoms with E-state index in [-0.39, 0.29) is 11.8 Å². The van der Waals surface area contributed by atoms with E-state index in [1.165, 1.54) is 4.70 Å². The number of hydrogen-bond acceptors (Lipinski definition) is 5. The number of rotatable bonds is 5. The molecule has 1 unspecified atom stereocenters. The molecule has 4 aromatic rings. The molecule has 1 amide bonds. The van der Waals surface area contributed by atoms with Crippen molar-refractivity contribution in [1.29, 1.82) is 0 Å². The number of benzene rings is 1. The van der Waals surface area contributed by atoms with E-state index in [0.717, 1.165) is 21.9 Å². The van der Waals surface area contributed by atoms with Gasteiger partial charge in [-0.05, 0) is 44.2 Å². The number of nitrogens with zero attached hydrogens (tertiary/aromatic N) is 4. The molecule has 0 aliphatic carbocycles. The molecule has 0 aliphatic heterocycles. The van der Waals surface area contributed by atoms with Crippen LogP contribution in [0.15, 0.2) is 48.7 Å². The number of nitrogens with one attached hydrogen (secondary N) is 1. The van der Waals surface area contributed by atoms with E-state index in [2.05, 4.69) is 33.4 Å². The van der Waals surface area contributed by atoms with E-state index in [0.29, 0.717) is 17.9 Å². The van der Waals surface area contributed by atoms with Crippen LogP contribution in [0.25, 0.3) is 16.0 Å². The summed E-state index contributed by atoms with van der Waals surface area (Å²) in [6.45, 7) is 6.52. The van der Waals surface area contributed by atoms with Crippen LogP contribution in [0.4, 0.5) is 0 Å².